The van der Waals surface area contributed by atoms with E-state index < -0.39 is 0 Å². The predicted octanol–water partition coefficient (Wildman–Crippen LogP) is 4.66. The highest BCUT2D eigenvalue weighted by Crippen LogP contribution is 2.22. The molecular formula is C16H13Cl2FN2. The highest BCUT2D eigenvalue weighted by atomic mass is 35.5. The Kier molecular flexibility index (Phi) is 4.13. The topological polar surface area (TPSA) is 17.8 Å². The maximum absolute atomic E-state index is 13.4. The van der Waals surface area contributed by atoms with Gasteiger partial charge >= 0.3 is 0 Å². The molecule has 0 N–H and O–H groups in total. The van der Waals surface area contributed by atoms with Gasteiger partial charge in [0.05, 0.1) is 17.6 Å². The fourth-order valence-corrected chi connectivity index (χ4v) is 2.77. The molecule has 0 saturated carbocycles. The summed E-state index contributed by atoms with van der Waals surface area (Å²) in [4.78, 5) is 4.48. The average Bonchev–Trinajstić information content (AvgIpc) is 2.79. The monoisotopic (exact) mass is 322 g/mol. The van der Waals surface area contributed by atoms with Crippen molar-refractivity contribution in [3.8, 4) is 0 Å². The van der Waals surface area contributed by atoms with Crippen LogP contribution in [-0.2, 0) is 13.0 Å². The number of nitrogens with zero attached hydrogens (tertiary/aromatic N) is 2. The molecule has 2 aromatic carbocycles. The van der Waals surface area contributed by atoms with Gasteiger partial charge in [0.2, 0.25) is 0 Å². The van der Waals surface area contributed by atoms with E-state index in [1.165, 1.54) is 12.1 Å². The van der Waals surface area contributed by atoms with Gasteiger partial charge in [-0.05, 0) is 23.8 Å². The van der Waals surface area contributed by atoms with Gasteiger partial charge in [0.25, 0.3) is 0 Å². The molecule has 0 spiro atoms. The predicted molar refractivity (Wildman–Crippen MR) is 84.7 cm³/mol. The maximum Gasteiger partial charge on any atom is 0.125 e. The van der Waals surface area contributed by atoms with E-state index in [1.54, 1.807) is 6.07 Å². The second-order valence-corrected chi connectivity index (χ2v) is 5.56. The Morgan fingerprint density at radius 1 is 1.14 bits per heavy atom. The Hall–Kier alpha value is -1.58. The molecule has 1 heterocycles. The van der Waals surface area contributed by atoms with Crippen molar-refractivity contribution in [2.75, 3.05) is 5.88 Å². The van der Waals surface area contributed by atoms with Gasteiger partial charge in [-0.15, -0.1) is 11.6 Å². The molecule has 21 heavy (non-hydrogen) atoms. The van der Waals surface area contributed by atoms with Crippen LogP contribution in [0.1, 0.15) is 11.4 Å². The van der Waals surface area contributed by atoms with Crippen molar-refractivity contribution in [3.63, 3.8) is 0 Å². The summed E-state index contributed by atoms with van der Waals surface area (Å²) in [5.74, 6) is 1.02. The van der Waals surface area contributed by atoms with Gasteiger partial charge in [-0.3, -0.25) is 0 Å². The quantitative estimate of drug-likeness (QED) is 0.639. The molecule has 0 radical (unpaired) electrons. The number of rotatable bonds is 4. The molecule has 0 aliphatic rings. The molecule has 0 aliphatic carbocycles. The number of hydrogen-bond acceptors (Lipinski definition) is 1. The first-order chi connectivity index (χ1) is 10.2. The lowest BCUT2D eigenvalue weighted by Gasteiger charge is -2.10. The number of alkyl halides is 1. The largest absolute Gasteiger partial charge is 0.323 e. The number of aromatic nitrogens is 2. The summed E-state index contributed by atoms with van der Waals surface area (Å²) in [6, 6.07) is 12.3. The smallest absolute Gasteiger partial charge is 0.125 e. The van der Waals surface area contributed by atoms with Crippen LogP contribution in [0.15, 0.2) is 42.5 Å². The van der Waals surface area contributed by atoms with Gasteiger partial charge < -0.3 is 4.57 Å². The van der Waals surface area contributed by atoms with E-state index in [-0.39, 0.29) is 5.82 Å². The number of hydrogen-bond donors (Lipinski definition) is 0. The minimum atomic E-state index is -0.290. The molecule has 5 heteroatoms. The third-order valence-corrected chi connectivity index (χ3v) is 3.95. The molecule has 3 aromatic rings. The summed E-state index contributed by atoms with van der Waals surface area (Å²) in [7, 11) is 0. The summed E-state index contributed by atoms with van der Waals surface area (Å²) in [6.07, 6.45) is 0.627. The zero-order valence-corrected chi connectivity index (χ0v) is 12.7. The minimum Gasteiger partial charge on any atom is -0.323 e. The molecule has 0 unspecified atom stereocenters. The number of imidazole rings is 1. The molecule has 108 valence electrons. The Labute approximate surface area is 132 Å². The number of benzene rings is 2. The number of aryl methyl sites for hydroxylation is 1. The highest BCUT2D eigenvalue weighted by molar-refractivity contribution is 6.31. The molecule has 0 amide bonds. The van der Waals surface area contributed by atoms with Crippen molar-refractivity contribution < 1.29 is 4.39 Å². The van der Waals surface area contributed by atoms with Gasteiger partial charge in [0, 0.05) is 23.4 Å². The van der Waals surface area contributed by atoms with Crippen molar-refractivity contribution in [1.82, 2.24) is 9.55 Å². The lowest BCUT2D eigenvalue weighted by molar-refractivity contribution is 0.629. The van der Waals surface area contributed by atoms with Gasteiger partial charge in [0.15, 0.2) is 0 Å². The van der Waals surface area contributed by atoms with E-state index in [4.69, 9.17) is 23.2 Å². The van der Waals surface area contributed by atoms with Gasteiger partial charge in [0.1, 0.15) is 11.6 Å². The van der Waals surface area contributed by atoms with E-state index >= 15 is 0 Å². The maximum atomic E-state index is 13.4. The SMILES string of the molecule is Fc1ccc2c(c1)nc(CCCl)n2Cc1ccccc1Cl. The molecular weight excluding hydrogens is 310 g/mol. The summed E-state index contributed by atoms with van der Waals surface area (Å²) in [6.45, 7) is 0.591. The summed E-state index contributed by atoms with van der Waals surface area (Å²) in [5.41, 5.74) is 2.53. The van der Waals surface area contributed by atoms with E-state index in [1.807, 2.05) is 28.8 Å². The van der Waals surface area contributed by atoms with Crippen molar-refractivity contribution in [2.45, 2.75) is 13.0 Å². The molecule has 2 nitrogen and oxygen atoms in total. The molecule has 0 aliphatic heterocycles. The fourth-order valence-electron chi connectivity index (χ4n) is 2.40. The fraction of sp³-hybridized carbons (Fsp3) is 0.188. The van der Waals surface area contributed by atoms with Crippen LogP contribution in [-0.4, -0.2) is 15.4 Å². The number of halogens is 3. The first kappa shape index (κ1) is 14.4. The lowest BCUT2D eigenvalue weighted by Crippen LogP contribution is -2.06. The molecule has 3 rings (SSSR count). The van der Waals surface area contributed by atoms with E-state index in [2.05, 4.69) is 4.98 Å². The van der Waals surface area contributed by atoms with Crippen LogP contribution in [0.25, 0.3) is 11.0 Å². The summed E-state index contributed by atoms with van der Waals surface area (Å²) >= 11 is 12.1. The summed E-state index contributed by atoms with van der Waals surface area (Å²) in [5, 5.41) is 0.707. The summed E-state index contributed by atoms with van der Waals surface area (Å²) < 4.78 is 15.4. The van der Waals surface area contributed by atoms with E-state index in [9.17, 15) is 4.39 Å². The van der Waals surface area contributed by atoms with Crippen molar-refractivity contribution >= 4 is 34.2 Å². The van der Waals surface area contributed by atoms with Crippen LogP contribution in [0.3, 0.4) is 0 Å². The van der Waals surface area contributed by atoms with Crippen molar-refractivity contribution in [3.05, 3.63) is 64.7 Å². The van der Waals surface area contributed by atoms with Crippen LogP contribution in [0.2, 0.25) is 5.02 Å². The molecule has 0 fully saturated rings. The third kappa shape index (κ3) is 2.89. The Morgan fingerprint density at radius 2 is 1.95 bits per heavy atom. The van der Waals surface area contributed by atoms with Crippen LogP contribution >= 0.6 is 23.2 Å². The van der Waals surface area contributed by atoms with Crippen molar-refractivity contribution in [2.24, 2.45) is 0 Å². The zero-order valence-electron chi connectivity index (χ0n) is 11.2. The third-order valence-electron chi connectivity index (χ3n) is 3.39. The van der Waals surface area contributed by atoms with E-state index in [0.29, 0.717) is 29.4 Å². The Balaban J connectivity index is 2.11. The first-order valence-electron chi connectivity index (χ1n) is 6.63. The lowest BCUT2D eigenvalue weighted by atomic mass is 10.2. The molecule has 0 saturated heterocycles. The average molecular weight is 323 g/mol. The molecule has 1 aromatic heterocycles. The van der Waals surface area contributed by atoms with Crippen LogP contribution in [0.4, 0.5) is 4.39 Å². The van der Waals surface area contributed by atoms with Crippen LogP contribution in [0.5, 0.6) is 0 Å². The van der Waals surface area contributed by atoms with Crippen LogP contribution in [0, 0.1) is 5.82 Å². The minimum absolute atomic E-state index is 0.290. The molecule has 0 atom stereocenters. The van der Waals surface area contributed by atoms with Gasteiger partial charge in [-0.25, -0.2) is 9.37 Å². The van der Waals surface area contributed by atoms with Gasteiger partial charge in [-0.1, -0.05) is 29.8 Å². The highest BCUT2D eigenvalue weighted by Gasteiger charge is 2.12. The Morgan fingerprint density at radius 3 is 2.71 bits per heavy atom. The number of fused-ring (bicyclic) bond motifs is 1. The van der Waals surface area contributed by atoms with Gasteiger partial charge in [-0.2, -0.15) is 0 Å². The van der Waals surface area contributed by atoms with Crippen LogP contribution < -0.4 is 0 Å². The second-order valence-electron chi connectivity index (χ2n) is 4.78. The second kappa shape index (κ2) is 6.04. The van der Waals surface area contributed by atoms with Crippen molar-refractivity contribution in [1.29, 1.82) is 0 Å². The van der Waals surface area contributed by atoms with E-state index in [0.717, 1.165) is 16.9 Å². The zero-order chi connectivity index (χ0) is 14.8. The normalized spacial score (nSPS) is 11.2. The Bertz CT molecular complexity index is 783. The molecule has 0 bridgehead atoms. The first-order valence-corrected chi connectivity index (χ1v) is 7.54. The standard InChI is InChI=1S/C16H13Cl2FN2/c17-8-7-16-20-14-9-12(19)5-6-15(14)21(16)10-11-3-1-2-4-13(11)18/h1-6,9H,7-8,10H2.